The van der Waals surface area contributed by atoms with E-state index < -0.39 is 22.5 Å². The lowest BCUT2D eigenvalue weighted by Crippen LogP contribution is -2.05. The first-order valence-corrected chi connectivity index (χ1v) is 5.36. The van der Waals surface area contributed by atoms with Gasteiger partial charge in [-0.15, -0.1) is 0 Å². The van der Waals surface area contributed by atoms with Crippen LogP contribution in [0.2, 0.25) is 0 Å². The predicted molar refractivity (Wildman–Crippen MR) is 51.3 cm³/mol. The van der Waals surface area contributed by atoms with Crippen LogP contribution >= 0.6 is 0 Å². The second-order valence-electron chi connectivity index (χ2n) is 2.79. The molecule has 1 aromatic carbocycles. The van der Waals surface area contributed by atoms with Gasteiger partial charge in [0.15, 0.2) is 0 Å². The monoisotopic (exact) mass is 234 g/mol. The Labute approximate surface area is 87.2 Å². The number of alkyl halides is 2. The molecule has 0 aliphatic rings. The first-order chi connectivity index (χ1) is 7.00. The molecule has 0 aromatic heterocycles. The summed E-state index contributed by atoms with van der Waals surface area (Å²) in [6.07, 6.45) is 0. The first-order valence-electron chi connectivity index (χ1n) is 3.98. The smallest absolute Gasteiger partial charge is 0.335 e. The quantitative estimate of drug-likeness (QED) is 0.865. The number of carbonyl (C=O) groups is 1. The Hall–Kier alpha value is -1.30. The van der Waals surface area contributed by atoms with Crippen LogP contribution in [0, 0.1) is 0 Å². The maximum atomic E-state index is 11.9. The molecule has 3 nitrogen and oxygen atoms in total. The molecule has 0 bridgehead atoms. The Kier molecular flexibility index (Phi) is 3.90. The Balaban J connectivity index is 2.73. The molecule has 0 spiro atoms. The summed E-state index contributed by atoms with van der Waals surface area (Å²) in [5, 5.41) is 8.57. The highest BCUT2D eigenvalue weighted by Gasteiger charge is 2.13. The van der Waals surface area contributed by atoms with Gasteiger partial charge in [0, 0.05) is 0 Å². The van der Waals surface area contributed by atoms with Gasteiger partial charge in [0.25, 0.3) is 0 Å². The molecular weight excluding hydrogens is 226 g/mol. The van der Waals surface area contributed by atoms with Gasteiger partial charge in [-0.2, -0.15) is 8.78 Å². The third-order valence-corrected chi connectivity index (χ3v) is 2.72. The van der Waals surface area contributed by atoms with Gasteiger partial charge < -0.3 is 5.11 Å². The average molecular weight is 234 g/mol. The number of hydrogen-bond donors (Lipinski definition) is 1. The molecule has 0 aliphatic carbocycles. The molecule has 15 heavy (non-hydrogen) atoms. The van der Waals surface area contributed by atoms with E-state index in [1.165, 1.54) is 24.3 Å². The molecule has 0 radical (unpaired) electrons. The number of carboxylic acids is 1. The summed E-state index contributed by atoms with van der Waals surface area (Å²) in [5.41, 5.74) is 0.500. The maximum absolute atomic E-state index is 11.9. The molecule has 1 rings (SSSR count). The van der Waals surface area contributed by atoms with Crippen molar-refractivity contribution in [3.63, 3.8) is 0 Å². The van der Waals surface area contributed by atoms with E-state index in [4.69, 9.17) is 5.11 Å². The molecule has 6 heteroatoms. The predicted octanol–water partition coefficient (Wildman–Crippen LogP) is 1.86. The molecule has 0 heterocycles. The number of aromatic carboxylic acids is 1. The van der Waals surface area contributed by atoms with Crippen LogP contribution in [-0.4, -0.2) is 21.0 Å². The van der Waals surface area contributed by atoms with Gasteiger partial charge in [0.2, 0.25) is 0 Å². The van der Waals surface area contributed by atoms with E-state index in [1.807, 2.05) is 0 Å². The van der Waals surface area contributed by atoms with Gasteiger partial charge in [0.1, 0.15) is 0 Å². The van der Waals surface area contributed by atoms with Gasteiger partial charge >= 0.3 is 11.7 Å². The average Bonchev–Trinajstić information content (AvgIpc) is 2.18. The van der Waals surface area contributed by atoms with Gasteiger partial charge in [-0.05, 0) is 17.7 Å². The zero-order chi connectivity index (χ0) is 11.4. The zero-order valence-electron chi connectivity index (χ0n) is 7.52. The van der Waals surface area contributed by atoms with E-state index in [1.54, 1.807) is 0 Å². The summed E-state index contributed by atoms with van der Waals surface area (Å²) >= 11 is 0. The van der Waals surface area contributed by atoms with Gasteiger partial charge in [-0.3, -0.25) is 4.21 Å². The van der Waals surface area contributed by atoms with Crippen molar-refractivity contribution in [3.05, 3.63) is 35.4 Å². The fraction of sp³-hybridized carbons (Fsp3) is 0.222. The minimum absolute atomic E-state index is 0.0709. The van der Waals surface area contributed by atoms with Crippen LogP contribution in [0.25, 0.3) is 0 Å². The molecule has 1 unspecified atom stereocenters. The maximum Gasteiger partial charge on any atom is 0.335 e. The molecule has 0 saturated carbocycles. The zero-order valence-corrected chi connectivity index (χ0v) is 8.34. The van der Waals surface area contributed by atoms with Crippen LogP contribution in [0.5, 0.6) is 0 Å². The summed E-state index contributed by atoms with van der Waals surface area (Å²) in [5.74, 6) is -4.22. The lowest BCUT2D eigenvalue weighted by Gasteiger charge is -2.01. The Morgan fingerprint density at radius 1 is 1.33 bits per heavy atom. The summed E-state index contributed by atoms with van der Waals surface area (Å²) < 4.78 is 34.6. The van der Waals surface area contributed by atoms with Gasteiger partial charge in [-0.1, -0.05) is 12.1 Å². The second-order valence-corrected chi connectivity index (χ2v) is 4.19. The molecular formula is C9H8F2O3S. The van der Waals surface area contributed by atoms with Gasteiger partial charge in [-0.25, -0.2) is 4.79 Å². The van der Waals surface area contributed by atoms with E-state index in [0.29, 0.717) is 5.56 Å². The SMILES string of the molecule is O=C(O)c1ccc(CS(=O)C(F)F)cc1. The lowest BCUT2D eigenvalue weighted by atomic mass is 10.1. The van der Waals surface area contributed by atoms with E-state index in [9.17, 15) is 17.8 Å². The van der Waals surface area contributed by atoms with E-state index in [2.05, 4.69) is 0 Å². The summed E-state index contributed by atoms with van der Waals surface area (Å²) in [7, 11) is -2.22. The number of carboxylic acid groups (broad SMARTS) is 1. The van der Waals surface area contributed by atoms with Crippen LogP contribution in [0.1, 0.15) is 15.9 Å². The minimum Gasteiger partial charge on any atom is -0.478 e. The third-order valence-electron chi connectivity index (χ3n) is 1.71. The van der Waals surface area contributed by atoms with Gasteiger partial charge in [0.05, 0.1) is 22.1 Å². The van der Waals surface area contributed by atoms with Crippen molar-refractivity contribution in [2.45, 2.75) is 11.5 Å². The Morgan fingerprint density at radius 3 is 2.27 bits per heavy atom. The van der Waals surface area contributed by atoms with Crippen molar-refractivity contribution >= 4 is 16.8 Å². The molecule has 82 valence electrons. The highest BCUT2D eigenvalue weighted by Crippen LogP contribution is 2.10. The minimum atomic E-state index is -2.87. The van der Waals surface area contributed by atoms with Crippen LogP contribution < -0.4 is 0 Å². The van der Waals surface area contributed by atoms with Crippen LogP contribution in [0.3, 0.4) is 0 Å². The number of hydrogen-bond acceptors (Lipinski definition) is 2. The number of rotatable bonds is 4. The molecule has 0 saturated heterocycles. The molecule has 0 fully saturated rings. The molecule has 0 aliphatic heterocycles. The summed E-state index contributed by atoms with van der Waals surface area (Å²) in [6.45, 7) is 0. The Bertz CT molecular complexity index is 375. The fourth-order valence-electron chi connectivity index (χ4n) is 0.971. The van der Waals surface area contributed by atoms with E-state index >= 15 is 0 Å². The number of halogens is 2. The van der Waals surface area contributed by atoms with Crippen molar-refractivity contribution < 1.29 is 22.9 Å². The van der Waals surface area contributed by atoms with Crippen LogP contribution in [0.15, 0.2) is 24.3 Å². The third kappa shape index (κ3) is 3.39. The fourth-order valence-corrected chi connectivity index (χ4v) is 1.62. The normalized spacial score (nSPS) is 12.7. The lowest BCUT2D eigenvalue weighted by molar-refractivity contribution is 0.0697. The highest BCUT2D eigenvalue weighted by atomic mass is 32.2. The largest absolute Gasteiger partial charge is 0.478 e. The highest BCUT2D eigenvalue weighted by molar-refractivity contribution is 7.84. The van der Waals surface area contributed by atoms with E-state index in [0.717, 1.165) is 0 Å². The Morgan fingerprint density at radius 2 is 1.87 bits per heavy atom. The summed E-state index contributed by atoms with van der Waals surface area (Å²) in [6, 6.07) is 5.34. The molecule has 1 aromatic rings. The summed E-state index contributed by atoms with van der Waals surface area (Å²) in [4.78, 5) is 10.5. The number of benzene rings is 1. The second kappa shape index (κ2) is 4.97. The van der Waals surface area contributed by atoms with Crippen LogP contribution in [-0.2, 0) is 16.6 Å². The molecule has 1 N–H and O–H groups in total. The first kappa shape index (κ1) is 11.8. The van der Waals surface area contributed by atoms with Crippen molar-refractivity contribution in [3.8, 4) is 0 Å². The van der Waals surface area contributed by atoms with Crippen molar-refractivity contribution in [1.29, 1.82) is 0 Å². The standard InChI is InChI=1S/C9H8F2O3S/c10-9(11)15(14)5-6-1-3-7(4-2-6)8(12)13/h1-4,9H,5H2,(H,12,13). The van der Waals surface area contributed by atoms with Crippen molar-refractivity contribution in [2.24, 2.45) is 0 Å². The van der Waals surface area contributed by atoms with E-state index in [-0.39, 0.29) is 11.3 Å². The molecule has 0 amide bonds. The van der Waals surface area contributed by atoms with Crippen molar-refractivity contribution in [1.82, 2.24) is 0 Å². The molecule has 1 atom stereocenters. The topological polar surface area (TPSA) is 54.4 Å². The van der Waals surface area contributed by atoms with Crippen molar-refractivity contribution in [2.75, 3.05) is 0 Å². The van der Waals surface area contributed by atoms with Crippen LogP contribution in [0.4, 0.5) is 8.78 Å².